The number of ether oxygens (including phenoxy) is 1. The number of β-amino-alcohol motifs (C(OH)–C–C–N with tert-alkyl or cyclic N) is 1. The zero-order chi connectivity index (χ0) is 17.0. The molecule has 1 N–H and O–H groups in total. The Labute approximate surface area is 132 Å². The van der Waals surface area contributed by atoms with Crippen LogP contribution in [0.5, 0.6) is 5.75 Å². The van der Waals surface area contributed by atoms with Crippen molar-refractivity contribution in [3.63, 3.8) is 0 Å². The highest BCUT2D eigenvalue weighted by molar-refractivity contribution is 5.76. The first-order chi connectivity index (χ1) is 10.8. The van der Waals surface area contributed by atoms with E-state index in [1.165, 1.54) is 18.2 Å². The molecule has 1 aliphatic rings. The molecule has 1 heterocycles. The van der Waals surface area contributed by atoms with Gasteiger partial charge in [0.2, 0.25) is 5.91 Å². The van der Waals surface area contributed by atoms with Crippen LogP contribution in [-0.2, 0) is 11.2 Å². The third kappa shape index (κ3) is 5.13. The van der Waals surface area contributed by atoms with E-state index < -0.39 is 12.5 Å². The number of hydrogen-bond donors (Lipinski definition) is 1. The van der Waals surface area contributed by atoms with Gasteiger partial charge in [0, 0.05) is 19.5 Å². The number of aliphatic hydroxyl groups is 1. The summed E-state index contributed by atoms with van der Waals surface area (Å²) >= 11 is 0. The molecule has 2 unspecified atom stereocenters. The average Bonchev–Trinajstić information content (AvgIpc) is 2.47. The number of rotatable bonds is 4. The van der Waals surface area contributed by atoms with Crippen molar-refractivity contribution < 1.29 is 27.8 Å². The SMILES string of the molecule is CC1CCN(C(=O)CCc2ccccc2OC(F)(F)F)CC1O. The number of halogens is 3. The minimum atomic E-state index is -4.76. The lowest BCUT2D eigenvalue weighted by atomic mass is 9.95. The molecule has 0 aliphatic carbocycles. The van der Waals surface area contributed by atoms with Gasteiger partial charge in [-0.25, -0.2) is 0 Å². The monoisotopic (exact) mass is 331 g/mol. The van der Waals surface area contributed by atoms with Crippen LogP contribution in [0.1, 0.15) is 25.3 Å². The van der Waals surface area contributed by atoms with Crippen LogP contribution < -0.4 is 4.74 Å². The molecule has 1 saturated heterocycles. The van der Waals surface area contributed by atoms with Crippen LogP contribution in [0, 0.1) is 5.92 Å². The molecule has 1 aliphatic heterocycles. The number of carbonyl (C=O) groups is 1. The van der Waals surface area contributed by atoms with Crippen molar-refractivity contribution in [2.24, 2.45) is 5.92 Å². The molecule has 0 radical (unpaired) electrons. The second kappa shape index (κ2) is 7.21. The Bertz CT molecular complexity index is 548. The molecule has 4 nitrogen and oxygen atoms in total. The van der Waals surface area contributed by atoms with Crippen molar-refractivity contribution in [1.29, 1.82) is 0 Å². The predicted molar refractivity (Wildman–Crippen MR) is 77.8 cm³/mol. The van der Waals surface area contributed by atoms with Crippen molar-refractivity contribution in [2.75, 3.05) is 13.1 Å². The molecule has 23 heavy (non-hydrogen) atoms. The zero-order valence-corrected chi connectivity index (χ0v) is 12.8. The zero-order valence-electron chi connectivity index (χ0n) is 12.8. The lowest BCUT2D eigenvalue weighted by Gasteiger charge is -2.34. The minimum absolute atomic E-state index is 0.0827. The fourth-order valence-corrected chi connectivity index (χ4v) is 2.61. The molecule has 1 fully saturated rings. The highest BCUT2D eigenvalue weighted by Gasteiger charge is 2.32. The fraction of sp³-hybridized carbons (Fsp3) is 0.562. The summed E-state index contributed by atoms with van der Waals surface area (Å²) in [7, 11) is 0. The van der Waals surface area contributed by atoms with Gasteiger partial charge in [-0.15, -0.1) is 13.2 Å². The van der Waals surface area contributed by atoms with Gasteiger partial charge in [0.15, 0.2) is 0 Å². The van der Waals surface area contributed by atoms with Crippen LogP contribution in [0.4, 0.5) is 13.2 Å². The summed E-state index contributed by atoms with van der Waals surface area (Å²) in [5, 5.41) is 9.82. The molecule has 7 heteroatoms. The quantitative estimate of drug-likeness (QED) is 0.923. The van der Waals surface area contributed by atoms with E-state index in [-0.39, 0.29) is 37.0 Å². The molecular formula is C16H20F3NO3. The van der Waals surface area contributed by atoms with Crippen molar-refractivity contribution in [1.82, 2.24) is 4.90 Å². The minimum Gasteiger partial charge on any atom is -0.406 e. The van der Waals surface area contributed by atoms with E-state index in [0.717, 1.165) is 6.42 Å². The highest BCUT2D eigenvalue weighted by Crippen LogP contribution is 2.27. The number of likely N-dealkylation sites (tertiary alicyclic amines) is 1. The number of alkyl halides is 3. The van der Waals surface area contributed by atoms with Crippen molar-refractivity contribution >= 4 is 5.91 Å². The Morgan fingerprint density at radius 1 is 1.39 bits per heavy atom. The first-order valence-corrected chi connectivity index (χ1v) is 7.56. The lowest BCUT2D eigenvalue weighted by Crippen LogP contribution is -2.45. The molecular weight excluding hydrogens is 311 g/mol. The fourth-order valence-electron chi connectivity index (χ4n) is 2.61. The van der Waals surface area contributed by atoms with Gasteiger partial charge < -0.3 is 14.7 Å². The van der Waals surface area contributed by atoms with E-state index in [1.54, 1.807) is 11.0 Å². The summed E-state index contributed by atoms with van der Waals surface area (Å²) < 4.78 is 41.1. The third-order valence-electron chi connectivity index (χ3n) is 4.08. The molecule has 128 valence electrons. The van der Waals surface area contributed by atoms with Gasteiger partial charge in [-0.3, -0.25) is 4.79 Å². The van der Waals surface area contributed by atoms with E-state index in [4.69, 9.17) is 0 Å². The maximum atomic E-state index is 12.4. The number of aryl methyl sites for hydroxylation is 1. The largest absolute Gasteiger partial charge is 0.573 e. The van der Waals surface area contributed by atoms with Gasteiger partial charge in [0.1, 0.15) is 5.75 Å². The van der Waals surface area contributed by atoms with Crippen molar-refractivity contribution in [3.05, 3.63) is 29.8 Å². The van der Waals surface area contributed by atoms with Crippen molar-refractivity contribution in [2.45, 2.75) is 38.7 Å². The summed E-state index contributed by atoms with van der Waals surface area (Å²) in [4.78, 5) is 13.7. The predicted octanol–water partition coefficient (Wildman–Crippen LogP) is 2.75. The van der Waals surface area contributed by atoms with Crippen LogP contribution in [0.25, 0.3) is 0 Å². The van der Waals surface area contributed by atoms with E-state index in [2.05, 4.69) is 4.74 Å². The first-order valence-electron chi connectivity index (χ1n) is 7.56. The van der Waals surface area contributed by atoms with Crippen LogP contribution in [0.3, 0.4) is 0 Å². The maximum absolute atomic E-state index is 12.4. The number of benzene rings is 1. The van der Waals surface area contributed by atoms with Crippen LogP contribution in [0.2, 0.25) is 0 Å². The summed E-state index contributed by atoms with van der Waals surface area (Å²) in [5.74, 6) is -0.294. The van der Waals surface area contributed by atoms with Crippen LogP contribution >= 0.6 is 0 Å². The molecule has 0 spiro atoms. The van der Waals surface area contributed by atoms with Gasteiger partial charge >= 0.3 is 6.36 Å². The number of aliphatic hydroxyl groups excluding tert-OH is 1. The molecule has 1 amide bonds. The molecule has 0 saturated carbocycles. The molecule has 2 atom stereocenters. The number of amides is 1. The number of piperidine rings is 1. The van der Waals surface area contributed by atoms with Gasteiger partial charge in [-0.2, -0.15) is 0 Å². The van der Waals surface area contributed by atoms with Gasteiger partial charge in [0.25, 0.3) is 0 Å². The number of para-hydroxylation sites is 1. The first kappa shape index (κ1) is 17.6. The van der Waals surface area contributed by atoms with Gasteiger partial charge in [-0.1, -0.05) is 25.1 Å². The smallest absolute Gasteiger partial charge is 0.406 e. The van der Waals surface area contributed by atoms with E-state index in [9.17, 15) is 23.1 Å². The van der Waals surface area contributed by atoms with E-state index in [0.29, 0.717) is 12.1 Å². The number of carbonyl (C=O) groups excluding carboxylic acids is 1. The lowest BCUT2D eigenvalue weighted by molar-refractivity contribution is -0.274. The Hall–Kier alpha value is -1.76. The Kier molecular flexibility index (Phi) is 5.51. The molecule has 1 aromatic carbocycles. The van der Waals surface area contributed by atoms with E-state index in [1.807, 2.05) is 6.92 Å². The standard InChI is InChI=1S/C16H20F3NO3/c1-11-8-9-20(10-13(11)21)15(22)7-6-12-4-2-3-5-14(12)23-16(17,18)19/h2-5,11,13,21H,6-10H2,1H3. The Morgan fingerprint density at radius 2 is 2.09 bits per heavy atom. The Morgan fingerprint density at radius 3 is 2.74 bits per heavy atom. The summed E-state index contributed by atoms with van der Waals surface area (Å²) in [6, 6.07) is 5.81. The molecule has 0 bridgehead atoms. The maximum Gasteiger partial charge on any atom is 0.573 e. The second-order valence-electron chi connectivity index (χ2n) is 5.83. The van der Waals surface area contributed by atoms with Gasteiger partial charge in [-0.05, 0) is 30.4 Å². The summed E-state index contributed by atoms with van der Waals surface area (Å²) in [6.45, 7) is 2.77. The third-order valence-corrected chi connectivity index (χ3v) is 4.08. The van der Waals surface area contributed by atoms with E-state index >= 15 is 0 Å². The topological polar surface area (TPSA) is 49.8 Å². The normalized spacial score (nSPS) is 22.0. The number of nitrogens with zero attached hydrogens (tertiary/aromatic N) is 1. The molecule has 0 aromatic heterocycles. The highest BCUT2D eigenvalue weighted by atomic mass is 19.4. The average molecular weight is 331 g/mol. The molecule has 1 aromatic rings. The molecule has 2 rings (SSSR count). The summed E-state index contributed by atoms with van der Waals surface area (Å²) in [6.07, 6.45) is -4.34. The second-order valence-corrected chi connectivity index (χ2v) is 5.83. The number of hydrogen-bond acceptors (Lipinski definition) is 3. The van der Waals surface area contributed by atoms with Crippen LogP contribution in [0.15, 0.2) is 24.3 Å². The van der Waals surface area contributed by atoms with Crippen LogP contribution in [-0.4, -0.2) is 41.5 Å². The van der Waals surface area contributed by atoms with Gasteiger partial charge in [0.05, 0.1) is 6.10 Å². The van der Waals surface area contributed by atoms with Crippen molar-refractivity contribution in [3.8, 4) is 5.75 Å². The Balaban J connectivity index is 1.94. The summed E-state index contributed by atoms with van der Waals surface area (Å²) in [5.41, 5.74) is 0.337.